The normalized spacial score (nSPS) is 17.8. The molecule has 5 heteroatoms. The monoisotopic (exact) mass is 193 g/mol. The van der Waals surface area contributed by atoms with Gasteiger partial charge in [0.1, 0.15) is 17.1 Å². The Bertz CT molecular complexity index is 379. The zero-order chi connectivity index (χ0) is 10.3. The van der Waals surface area contributed by atoms with Gasteiger partial charge in [0, 0.05) is 6.07 Å². The predicted octanol–water partition coefficient (Wildman–Crippen LogP) is 0.483. The maximum Gasteiger partial charge on any atom is 0.315 e. The van der Waals surface area contributed by atoms with E-state index in [1.54, 1.807) is 13.0 Å². The minimum Gasteiger partial charge on any atom is -0.481 e. The Labute approximate surface area is 81.0 Å². The number of hydrogen-bond acceptors (Lipinski definition) is 4. The molecule has 0 unspecified atom stereocenters. The van der Waals surface area contributed by atoms with Crippen LogP contribution in [0.15, 0.2) is 6.07 Å². The van der Waals surface area contributed by atoms with Crippen molar-refractivity contribution in [1.82, 2.24) is 9.97 Å². The van der Waals surface area contributed by atoms with Crippen LogP contribution in [0.2, 0.25) is 0 Å². The van der Waals surface area contributed by atoms with Crippen LogP contribution in [0.25, 0.3) is 0 Å². The standard InChI is InChI=1S/C9H11N3O2/c1-5-11-6(4-7(10)12-5)9(2-3-9)8(13)14/h4H,2-3H2,1H3,(H,13,14)(H2,10,11,12). The maximum absolute atomic E-state index is 11.0. The van der Waals surface area contributed by atoms with E-state index >= 15 is 0 Å². The highest BCUT2D eigenvalue weighted by molar-refractivity contribution is 5.84. The number of hydrogen-bond donors (Lipinski definition) is 2. The van der Waals surface area contributed by atoms with Gasteiger partial charge in [-0.05, 0) is 19.8 Å². The van der Waals surface area contributed by atoms with E-state index in [1.165, 1.54) is 0 Å². The highest BCUT2D eigenvalue weighted by Crippen LogP contribution is 2.47. The van der Waals surface area contributed by atoms with Crippen LogP contribution in [0.5, 0.6) is 0 Å². The lowest BCUT2D eigenvalue weighted by Gasteiger charge is -2.09. The number of aliphatic carboxylic acids is 1. The van der Waals surface area contributed by atoms with Crippen molar-refractivity contribution in [2.24, 2.45) is 0 Å². The van der Waals surface area contributed by atoms with Gasteiger partial charge in [0.25, 0.3) is 0 Å². The first kappa shape index (κ1) is 8.93. The minimum atomic E-state index is -0.824. The summed E-state index contributed by atoms with van der Waals surface area (Å²) in [5, 5.41) is 9.04. The number of carboxylic acids is 1. The number of rotatable bonds is 2. The molecule has 0 aliphatic heterocycles. The second-order valence-corrected chi connectivity index (χ2v) is 3.61. The molecule has 0 aromatic carbocycles. The number of aryl methyl sites for hydroxylation is 1. The molecule has 74 valence electrons. The largest absolute Gasteiger partial charge is 0.481 e. The van der Waals surface area contributed by atoms with Crippen molar-refractivity contribution in [2.75, 3.05) is 5.73 Å². The first-order chi connectivity index (χ1) is 6.54. The molecular formula is C9H11N3O2. The number of nitrogens with zero attached hydrogens (tertiary/aromatic N) is 2. The summed E-state index contributed by atoms with van der Waals surface area (Å²) in [5.74, 6) is 0.0301. The second-order valence-electron chi connectivity index (χ2n) is 3.61. The van der Waals surface area contributed by atoms with Crippen molar-refractivity contribution < 1.29 is 9.90 Å². The summed E-state index contributed by atoms with van der Waals surface area (Å²) in [5.41, 5.74) is 5.29. The van der Waals surface area contributed by atoms with Gasteiger partial charge < -0.3 is 10.8 Å². The first-order valence-corrected chi connectivity index (χ1v) is 4.40. The summed E-state index contributed by atoms with van der Waals surface area (Å²) in [4.78, 5) is 19.0. The van der Waals surface area contributed by atoms with Crippen LogP contribution >= 0.6 is 0 Å². The van der Waals surface area contributed by atoms with E-state index in [4.69, 9.17) is 10.8 Å². The van der Waals surface area contributed by atoms with Gasteiger partial charge in [0.15, 0.2) is 0 Å². The van der Waals surface area contributed by atoms with E-state index in [0.29, 0.717) is 30.2 Å². The summed E-state index contributed by atoms with van der Waals surface area (Å²) in [6.07, 6.45) is 1.27. The Morgan fingerprint density at radius 1 is 1.57 bits per heavy atom. The third kappa shape index (κ3) is 1.21. The van der Waals surface area contributed by atoms with Gasteiger partial charge in [-0.2, -0.15) is 0 Å². The SMILES string of the molecule is Cc1nc(N)cc(C2(C(=O)O)CC2)n1. The summed E-state index contributed by atoms with van der Waals surface area (Å²) < 4.78 is 0. The van der Waals surface area contributed by atoms with Crippen molar-refractivity contribution >= 4 is 11.8 Å². The van der Waals surface area contributed by atoms with Crippen molar-refractivity contribution in [3.63, 3.8) is 0 Å². The molecule has 5 nitrogen and oxygen atoms in total. The maximum atomic E-state index is 11.0. The lowest BCUT2D eigenvalue weighted by atomic mass is 10.0. The van der Waals surface area contributed by atoms with E-state index in [-0.39, 0.29) is 0 Å². The van der Waals surface area contributed by atoms with Crippen LogP contribution in [0, 0.1) is 6.92 Å². The molecule has 2 rings (SSSR count). The van der Waals surface area contributed by atoms with Crippen LogP contribution in [-0.4, -0.2) is 21.0 Å². The zero-order valence-corrected chi connectivity index (χ0v) is 7.82. The van der Waals surface area contributed by atoms with Gasteiger partial charge in [-0.3, -0.25) is 4.79 Å². The van der Waals surface area contributed by atoms with E-state index in [9.17, 15) is 4.79 Å². The Hall–Kier alpha value is -1.65. The number of nitrogen functional groups attached to an aromatic ring is 1. The molecule has 1 aromatic rings. The van der Waals surface area contributed by atoms with E-state index in [1.807, 2.05) is 0 Å². The molecule has 0 bridgehead atoms. The van der Waals surface area contributed by atoms with Crippen LogP contribution in [-0.2, 0) is 10.2 Å². The van der Waals surface area contributed by atoms with Crippen LogP contribution in [0.4, 0.5) is 5.82 Å². The van der Waals surface area contributed by atoms with Gasteiger partial charge in [-0.1, -0.05) is 0 Å². The summed E-state index contributed by atoms with van der Waals surface area (Å²) in [6.45, 7) is 1.71. The average molecular weight is 193 g/mol. The van der Waals surface area contributed by atoms with Crippen molar-refractivity contribution in [3.05, 3.63) is 17.6 Å². The smallest absolute Gasteiger partial charge is 0.315 e. The summed E-state index contributed by atoms with van der Waals surface area (Å²) in [7, 11) is 0. The molecular weight excluding hydrogens is 182 g/mol. The summed E-state index contributed by atoms with van der Waals surface area (Å²) in [6, 6.07) is 1.55. The Morgan fingerprint density at radius 2 is 2.21 bits per heavy atom. The second kappa shape index (κ2) is 2.67. The Balaban J connectivity index is 2.47. The lowest BCUT2D eigenvalue weighted by Crippen LogP contribution is -2.21. The molecule has 0 spiro atoms. The van der Waals surface area contributed by atoms with Crippen LogP contribution in [0.1, 0.15) is 24.4 Å². The fraction of sp³-hybridized carbons (Fsp3) is 0.444. The Kier molecular flexibility index (Phi) is 1.70. The van der Waals surface area contributed by atoms with E-state index in [2.05, 4.69) is 9.97 Å². The highest BCUT2D eigenvalue weighted by atomic mass is 16.4. The molecule has 1 aromatic heterocycles. The molecule has 1 heterocycles. The molecule has 0 saturated heterocycles. The van der Waals surface area contributed by atoms with Gasteiger partial charge in [0.05, 0.1) is 5.69 Å². The topological polar surface area (TPSA) is 89.1 Å². The molecule has 1 aliphatic carbocycles. The fourth-order valence-corrected chi connectivity index (χ4v) is 1.54. The van der Waals surface area contributed by atoms with Crippen molar-refractivity contribution in [1.29, 1.82) is 0 Å². The predicted molar refractivity (Wildman–Crippen MR) is 49.7 cm³/mol. The zero-order valence-electron chi connectivity index (χ0n) is 7.82. The first-order valence-electron chi connectivity index (χ1n) is 4.40. The molecule has 0 atom stereocenters. The minimum absolute atomic E-state index is 0.333. The Morgan fingerprint density at radius 3 is 2.64 bits per heavy atom. The van der Waals surface area contributed by atoms with Crippen LogP contribution < -0.4 is 5.73 Å². The highest BCUT2D eigenvalue weighted by Gasteiger charge is 2.53. The van der Waals surface area contributed by atoms with Gasteiger partial charge >= 0.3 is 5.97 Å². The molecule has 1 aliphatic rings. The van der Waals surface area contributed by atoms with Gasteiger partial charge in [-0.25, -0.2) is 9.97 Å². The number of nitrogens with two attached hydrogens (primary N) is 1. The molecule has 0 amide bonds. The average Bonchev–Trinajstić information content (AvgIpc) is 2.81. The summed E-state index contributed by atoms with van der Waals surface area (Å²) >= 11 is 0. The van der Waals surface area contributed by atoms with Crippen molar-refractivity contribution in [2.45, 2.75) is 25.2 Å². The van der Waals surface area contributed by atoms with Gasteiger partial charge in [-0.15, -0.1) is 0 Å². The number of aromatic nitrogens is 2. The van der Waals surface area contributed by atoms with Crippen LogP contribution in [0.3, 0.4) is 0 Å². The molecule has 14 heavy (non-hydrogen) atoms. The molecule has 1 saturated carbocycles. The number of carboxylic acid groups (broad SMARTS) is 1. The number of carbonyl (C=O) groups is 1. The third-order valence-electron chi connectivity index (χ3n) is 2.51. The van der Waals surface area contributed by atoms with E-state index < -0.39 is 11.4 Å². The van der Waals surface area contributed by atoms with Crippen molar-refractivity contribution in [3.8, 4) is 0 Å². The quantitative estimate of drug-likeness (QED) is 0.713. The molecule has 1 fully saturated rings. The lowest BCUT2D eigenvalue weighted by molar-refractivity contribution is -0.140. The molecule has 0 radical (unpaired) electrons. The molecule has 3 N–H and O–H groups in total. The number of anilines is 1. The third-order valence-corrected chi connectivity index (χ3v) is 2.51. The van der Waals surface area contributed by atoms with E-state index in [0.717, 1.165) is 0 Å². The van der Waals surface area contributed by atoms with Gasteiger partial charge in [0.2, 0.25) is 0 Å². The fourth-order valence-electron chi connectivity index (χ4n) is 1.54.